The van der Waals surface area contributed by atoms with Crippen molar-refractivity contribution in [3.8, 4) is 0 Å². The van der Waals surface area contributed by atoms with E-state index < -0.39 is 0 Å². The predicted molar refractivity (Wildman–Crippen MR) is 68.6 cm³/mol. The van der Waals surface area contributed by atoms with E-state index in [1.54, 1.807) is 11.8 Å². The summed E-state index contributed by atoms with van der Waals surface area (Å²) in [6.45, 7) is 0.745. The van der Waals surface area contributed by atoms with Crippen LogP contribution in [0.15, 0.2) is 0 Å². The van der Waals surface area contributed by atoms with E-state index in [0.29, 0.717) is 12.3 Å². The van der Waals surface area contributed by atoms with E-state index in [4.69, 9.17) is 0 Å². The summed E-state index contributed by atoms with van der Waals surface area (Å²) in [6, 6.07) is 0. The van der Waals surface area contributed by atoms with Crippen molar-refractivity contribution >= 4 is 17.7 Å². The van der Waals surface area contributed by atoms with Crippen LogP contribution in [0.4, 0.5) is 0 Å². The third-order valence-electron chi connectivity index (χ3n) is 3.10. The van der Waals surface area contributed by atoms with Crippen LogP contribution in [0.3, 0.4) is 0 Å². The van der Waals surface area contributed by atoms with Gasteiger partial charge in [0.15, 0.2) is 0 Å². The number of carbonyl (C=O) groups is 1. The number of aliphatic hydroxyl groups is 1. The minimum absolute atomic E-state index is 0.146. The average molecular weight is 245 g/mol. The average Bonchev–Trinajstić information content (AvgIpc) is 2.27. The van der Waals surface area contributed by atoms with Crippen molar-refractivity contribution in [1.82, 2.24) is 5.32 Å². The standard InChI is InChI=1S/C12H23NO2S/c1-16-7-3-6-12(15)13-9-10-4-2-5-11(14)8-10/h10-11,14H,2-9H2,1H3,(H,13,15). The minimum atomic E-state index is -0.146. The van der Waals surface area contributed by atoms with Crippen molar-refractivity contribution in [3.05, 3.63) is 0 Å². The van der Waals surface area contributed by atoms with Crippen LogP contribution < -0.4 is 5.32 Å². The smallest absolute Gasteiger partial charge is 0.220 e. The maximum atomic E-state index is 11.5. The second kappa shape index (κ2) is 7.96. The van der Waals surface area contributed by atoms with Crippen LogP contribution in [0.5, 0.6) is 0 Å². The highest BCUT2D eigenvalue weighted by atomic mass is 32.2. The normalized spacial score (nSPS) is 25.4. The Kier molecular flexibility index (Phi) is 6.88. The van der Waals surface area contributed by atoms with Crippen molar-refractivity contribution in [1.29, 1.82) is 0 Å². The van der Waals surface area contributed by atoms with Crippen LogP contribution in [0, 0.1) is 5.92 Å². The zero-order chi connectivity index (χ0) is 11.8. The topological polar surface area (TPSA) is 49.3 Å². The van der Waals surface area contributed by atoms with E-state index in [1.165, 1.54) is 0 Å². The van der Waals surface area contributed by atoms with Gasteiger partial charge in [0.25, 0.3) is 0 Å². The van der Waals surface area contributed by atoms with E-state index in [9.17, 15) is 9.90 Å². The minimum Gasteiger partial charge on any atom is -0.393 e. The summed E-state index contributed by atoms with van der Waals surface area (Å²) in [4.78, 5) is 11.5. The monoisotopic (exact) mass is 245 g/mol. The van der Waals surface area contributed by atoms with Gasteiger partial charge in [0.05, 0.1) is 6.10 Å². The van der Waals surface area contributed by atoms with Gasteiger partial charge in [0.1, 0.15) is 0 Å². The molecule has 2 unspecified atom stereocenters. The molecule has 0 heterocycles. The lowest BCUT2D eigenvalue weighted by molar-refractivity contribution is -0.121. The number of hydrogen-bond acceptors (Lipinski definition) is 3. The van der Waals surface area contributed by atoms with Gasteiger partial charge in [-0.05, 0) is 43.6 Å². The van der Waals surface area contributed by atoms with E-state index in [0.717, 1.165) is 44.4 Å². The Hall–Kier alpha value is -0.220. The molecule has 0 aliphatic heterocycles. The van der Waals surface area contributed by atoms with E-state index in [-0.39, 0.29) is 12.0 Å². The molecule has 1 saturated carbocycles. The van der Waals surface area contributed by atoms with Crippen LogP contribution in [0.2, 0.25) is 0 Å². The Morgan fingerprint density at radius 3 is 3.00 bits per heavy atom. The first-order chi connectivity index (χ1) is 7.72. The molecule has 1 fully saturated rings. The highest BCUT2D eigenvalue weighted by molar-refractivity contribution is 7.98. The molecule has 1 aliphatic rings. The maximum absolute atomic E-state index is 11.5. The fourth-order valence-corrected chi connectivity index (χ4v) is 2.60. The third kappa shape index (κ3) is 5.75. The Labute approximate surface area is 102 Å². The number of carbonyl (C=O) groups excluding carboxylic acids is 1. The van der Waals surface area contributed by atoms with Gasteiger partial charge in [-0.3, -0.25) is 4.79 Å². The van der Waals surface area contributed by atoms with Crippen molar-refractivity contribution < 1.29 is 9.90 Å². The van der Waals surface area contributed by atoms with E-state index in [2.05, 4.69) is 11.6 Å². The predicted octanol–water partition coefficient (Wildman–Crippen LogP) is 1.80. The van der Waals surface area contributed by atoms with Crippen LogP contribution >= 0.6 is 11.8 Å². The molecule has 16 heavy (non-hydrogen) atoms. The highest BCUT2D eigenvalue weighted by Crippen LogP contribution is 2.23. The number of thioether (sulfide) groups is 1. The van der Waals surface area contributed by atoms with Gasteiger partial charge in [-0.15, -0.1) is 0 Å². The number of amides is 1. The van der Waals surface area contributed by atoms with Crippen molar-refractivity contribution in [3.63, 3.8) is 0 Å². The molecule has 0 spiro atoms. The summed E-state index contributed by atoms with van der Waals surface area (Å²) in [7, 11) is 0. The second-order valence-corrected chi connectivity index (χ2v) is 5.57. The molecule has 0 aromatic carbocycles. The molecule has 3 nitrogen and oxygen atoms in total. The Morgan fingerprint density at radius 1 is 1.50 bits per heavy atom. The largest absolute Gasteiger partial charge is 0.393 e. The van der Waals surface area contributed by atoms with Gasteiger partial charge < -0.3 is 10.4 Å². The molecule has 0 aromatic heterocycles. The molecule has 2 N–H and O–H groups in total. The summed E-state index contributed by atoms with van der Waals surface area (Å²) in [6.07, 6.45) is 7.52. The maximum Gasteiger partial charge on any atom is 0.220 e. The molecular weight excluding hydrogens is 222 g/mol. The van der Waals surface area contributed by atoms with Crippen molar-refractivity contribution in [2.45, 2.75) is 44.6 Å². The van der Waals surface area contributed by atoms with Crippen LogP contribution in [-0.4, -0.2) is 35.7 Å². The summed E-state index contributed by atoms with van der Waals surface area (Å²) in [5, 5.41) is 12.5. The first kappa shape index (κ1) is 13.8. The van der Waals surface area contributed by atoms with Crippen molar-refractivity contribution in [2.75, 3.05) is 18.6 Å². The number of hydrogen-bond donors (Lipinski definition) is 2. The summed E-state index contributed by atoms with van der Waals surface area (Å²) in [5.41, 5.74) is 0. The fraction of sp³-hybridized carbons (Fsp3) is 0.917. The lowest BCUT2D eigenvalue weighted by atomic mass is 9.87. The van der Waals surface area contributed by atoms with Gasteiger partial charge in [0, 0.05) is 13.0 Å². The zero-order valence-corrected chi connectivity index (χ0v) is 10.9. The molecule has 2 atom stereocenters. The SMILES string of the molecule is CSCCCC(=O)NCC1CCCC(O)C1. The molecule has 94 valence electrons. The summed E-state index contributed by atoms with van der Waals surface area (Å²) in [5.74, 6) is 1.69. The molecule has 0 aromatic rings. The quantitative estimate of drug-likeness (QED) is 0.702. The number of nitrogens with one attached hydrogen (secondary N) is 1. The first-order valence-electron chi connectivity index (χ1n) is 6.16. The third-order valence-corrected chi connectivity index (χ3v) is 3.79. The number of rotatable bonds is 6. The van der Waals surface area contributed by atoms with Gasteiger partial charge in [-0.25, -0.2) is 0 Å². The Bertz CT molecular complexity index is 211. The van der Waals surface area contributed by atoms with Gasteiger partial charge in [0.2, 0.25) is 5.91 Å². The molecule has 0 bridgehead atoms. The molecule has 0 radical (unpaired) electrons. The first-order valence-corrected chi connectivity index (χ1v) is 7.55. The summed E-state index contributed by atoms with van der Waals surface area (Å²) >= 11 is 1.78. The number of aliphatic hydroxyl groups excluding tert-OH is 1. The second-order valence-electron chi connectivity index (χ2n) is 4.59. The highest BCUT2D eigenvalue weighted by Gasteiger charge is 2.20. The van der Waals surface area contributed by atoms with Crippen LogP contribution in [0.25, 0.3) is 0 Å². The lowest BCUT2D eigenvalue weighted by Gasteiger charge is -2.25. The lowest BCUT2D eigenvalue weighted by Crippen LogP contribution is -2.32. The van der Waals surface area contributed by atoms with Crippen LogP contribution in [-0.2, 0) is 4.79 Å². The van der Waals surface area contributed by atoms with Gasteiger partial charge in [-0.2, -0.15) is 11.8 Å². The van der Waals surface area contributed by atoms with E-state index >= 15 is 0 Å². The Morgan fingerprint density at radius 2 is 2.31 bits per heavy atom. The Balaban J connectivity index is 2.06. The van der Waals surface area contributed by atoms with Crippen molar-refractivity contribution in [2.24, 2.45) is 5.92 Å². The van der Waals surface area contributed by atoms with Gasteiger partial charge in [-0.1, -0.05) is 6.42 Å². The zero-order valence-electron chi connectivity index (χ0n) is 10.1. The molecule has 0 saturated heterocycles. The summed E-state index contributed by atoms with van der Waals surface area (Å²) < 4.78 is 0. The molecule has 1 rings (SSSR count). The van der Waals surface area contributed by atoms with E-state index in [1.807, 2.05) is 0 Å². The molecule has 1 aliphatic carbocycles. The molecular formula is C12H23NO2S. The molecule has 1 amide bonds. The molecule has 4 heteroatoms. The van der Waals surface area contributed by atoms with Crippen LogP contribution in [0.1, 0.15) is 38.5 Å². The fourth-order valence-electron chi connectivity index (χ4n) is 2.17. The van der Waals surface area contributed by atoms with Gasteiger partial charge >= 0.3 is 0 Å².